The van der Waals surface area contributed by atoms with Gasteiger partial charge in [0.25, 0.3) is 0 Å². The maximum Gasteiger partial charge on any atom is 0.0830 e. The highest BCUT2D eigenvalue weighted by Gasteiger charge is 2.38. The lowest BCUT2D eigenvalue weighted by Crippen LogP contribution is -2.52. The highest BCUT2D eigenvalue weighted by Crippen LogP contribution is 2.34. The predicted octanol–water partition coefficient (Wildman–Crippen LogP) is 3.52. The summed E-state index contributed by atoms with van der Waals surface area (Å²) in [6, 6.07) is 0.477. The van der Waals surface area contributed by atoms with E-state index in [4.69, 9.17) is 9.47 Å². The zero-order chi connectivity index (χ0) is 14.0. The molecule has 0 aromatic rings. The quantitative estimate of drug-likeness (QED) is 0.514. The topological polar surface area (TPSA) is 30.5 Å². The average Bonchev–Trinajstić information content (AvgIpc) is 2.69. The molecule has 3 heteroatoms. The summed E-state index contributed by atoms with van der Waals surface area (Å²) in [6.07, 6.45) is 11.2. The zero-order valence-corrected chi connectivity index (χ0v) is 13.2. The van der Waals surface area contributed by atoms with Gasteiger partial charge in [-0.1, -0.05) is 32.6 Å². The molecule has 0 amide bonds. The first-order valence-electron chi connectivity index (χ1n) is 8.06. The van der Waals surface area contributed by atoms with Crippen LogP contribution in [0.2, 0.25) is 0 Å². The van der Waals surface area contributed by atoms with Crippen LogP contribution in [0.3, 0.4) is 0 Å². The van der Waals surface area contributed by atoms with Gasteiger partial charge < -0.3 is 14.8 Å². The van der Waals surface area contributed by atoms with E-state index in [1.807, 2.05) is 7.11 Å². The minimum Gasteiger partial charge on any atom is -0.385 e. The van der Waals surface area contributed by atoms with E-state index in [2.05, 4.69) is 12.2 Å². The highest BCUT2D eigenvalue weighted by molar-refractivity contribution is 4.94. The van der Waals surface area contributed by atoms with Crippen molar-refractivity contribution >= 4 is 0 Å². The smallest absolute Gasteiger partial charge is 0.0830 e. The Morgan fingerprint density at radius 1 is 1.11 bits per heavy atom. The van der Waals surface area contributed by atoms with Gasteiger partial charge in [-0.15, -0.1) is 0 Å². The third-order valence-electron chi connectivity index (χ3n) is 4.47. The predicted molar refractivity (Wildman–Crippen MR) is 80.6 cm³/mol. The normalized spacial score (nSPS) is 21.0. The van der Waals surface area contributed by atoms with Crippen LogP contribution in [0.4, 0.5) is 0 Å². The SMILES string of the molecule is CCCNC(CCCOC)C1(OC)CCCCCC1. The first-order chi connectivity index (χ1) is 9.29. The fraction of sp³-hybridized carbons (Fsp3) is 1.00. The number of hydrogen-bond acceptors (Lipinski definition) is 3. The molecule has 0 bridgehead atoms. The molecule has 1 saturated carbocycles. The lowest BCUT2D eigenvalue weighted by molar-refractivity contribution is -0.0560. The van der Waals surface area contributed by atoms with Crippen LogP contribution in [0.5, 0.6) is 0 Å². The van der Waals surface area contributed by atoms with Crippen LogP contribution in [-0.4, -0.2) is 39.0 Å². The van der Waals surface area contributed by atoms with E-state index in [1.165, 1.54) is 44.9 Å². The average molecular weight is 271 g/mol. The second-order valence-electron chi connectivity index (χ2n) is 5.82. The van der Waals surface area contributed by atoms with E-state index in [9.17, 15) is 0 Å². The van der Waals surface area contributed by atoms with E-state index in [-0.39, 0.29) is 5.60 Å². The Bertz CT molecular complexity index is 213. The fourth-order valence-corrected chi connectivity index (χ4v) is 3.32. The molecule has 0 heterocycles. The summed E-state index contributed by atoms with van der Waals surface area (Å²) in [7, 11) is 3.69. The lowest BCUT2D eigenvalue weighted by Gasteiger charge is -2.40. The van der Waals surface area contributed by atoms with E-state index >= 15 is 0 Å². The van der Waals surface area contributed by atoms with Gasteiger partial charge in [0.15, 0.2) is 0 Å². The van der Waals surface area contributed by atoms with E-state index < -0.39 is 0 Å². The molecule has 1 N–H and O–H groups in total. The van der Waals surface area contributed by atoms with Crippen molar-refractivity contribution in [3.05, 3.63) is 0 Å². The van der Waals surface area contributed by atoms with E-state index in [1.54, 1.807) is 7.11 Å². The van der Waals surface area contributed by atoms with Gasteiger partial charge in [0, 0.05) is 26.9 Å². The van der Waals surface area contributed by atoms with Crippen LogP contribution in [0.15, 0.2) is 0 Å². The summed E-state index contributed by atoms with van der Waals surface area (Å²) >= 11 is 0. The number of methoxy groups -OCH3 is 2. The van der Waals surface area contributed by atoms with Gasteiger partial charge >= 0.3 is 0 Å². The van der Waals surface area contributed by atoms with Crippen molar-refractivity contribution in [2.24, 2.45) is 0 Å². The third-order valence-corrected chi connectivity index (χ3v) is 4.47. The van der Waals surface area contributed by atoms with Gasteiger partial charge in [-0.3, -0.25) is 0 Å². The van der Waals surface area contributed by atoms with Gasteiger partial charge in [0.2, 0.25) is 0 Å². The van der Waals surface area contributed by atoms with Crippen LogP contribution >= 0.6 is 0 Å². The Labute approximate surface area is 119 Å². The molecular formula is C16H33NO2. The van der Waals surface area contributed by atoms with Crippen molar-refractivity contribution in [3.63, 3.8) is 0 Å². The summed E-state index contributed by atoms with van der Waals surface area (Å²) in [5.41, 5.74) is 0.0550. The second-order valence-corrected chi connectivity index (χ2v) is 5.82. The molecule has 0 aromatic heterocycles. The molecule has 1 aliphatic carbocycles. The van der Waals surface area contributed by atoms with Gasteiger partial charge in [-0.25, -0.2) is 0 Å². The largest absolute Gasteiger partial charge is 0.385 e. The monoisotopic (exact) mass is 271 g/mol. The van der Waals surface area contributed by atoms with Crippen molar-refractivity contribution in [2.75, 3.05) is 27.4 Å². The lowest BCUT2D eigenvalue weighted by atomic mass is 9.83. The van der Waals surface area contributed by atoms with Crippen molar-refractivity contribution < 1.29 is 9.47 Å². The van der Waals surface area contributed by atoms with Crippen LogP contribution in [0, 0.1) is 0 Å². The first kappa shape index (κ1) is 16.9. The molecule has 0 spiro atoms. The van der Waals surface area contributed by atoms with Crippen molar-refractivity contribution in [2.45, 2.75) is 76.4 Å². The van der Waals surface area contributed by atoms with Gasteiger partial charge in [-0.2, -0.15) is 0 Å². The fourth-order valence-electron chi connectivity index (χ4n) is 3.32. The molecule has 1 aliphatic rings. The highest BCUT2D eigenvalue weighted by atomic mass is 16.5. The van der Waals surface area contributed by atoms with Gasteiger partial charge in [-0.05, 0) is 38.6 Å². The number of rotatable bonds is 9. The van der Waals surface area contributed by atoms with Crippen LogP contribution in [0.1, 0.15) is 64.7 Å². The molecule has 0 aliphatic heterocycles. The summed E-state index contributed by atoms with van der Waals surface area (Å²) in [6.45, 7) is 4.17. The minimum absolute atomic E-state index is 0.0550. The van der Waals surface area contributed by atoms with E-state index in [0.717, 1.165) is 26.0 Å². The van der Waals surface area contributed by atoms with Crippen LogP contribution < -0.4 is 5.32 Å². The molecule has 1 atom stereocenters. The molecular weight excluding hydrogens is 238 g/mol. The second kappa shape index (κ2) is 9.73. The van der Waals surface area contributed by atoms with Crippen molar-refractivity contribution in [3.8, 4) is 0 Å². The zero-order valence-electron chi connectivity index (χ0n) is 13.2. The van der Waals surface area contributed by atoms with Crippen LogP contribution in [-0.2, 0) is 9.47 Å². The minimum atomic E-state index is 0.0550. The standard InChI is InChI=1S/C16H33NO2/c1-4-13-17-15(10-9-14-18-2)16(19-3)11-7-5-6-8-12-16/h15,17H,4-14H2,1-3H3. The maximum atomic E-state index is 6.05. The Balaban J connectivity index is 2.65. The Kier molecular flexibility index (Phi) is 8.67. The summed E-state index contributed by atoms with van der Waals surface area (Å²) in [5, 5.41) is 3.74. The molecule has 0 radical (unpaired) electrons. The van der Waals surface area contributed by atoms with E-state index in [0.29, 0.717) is 6.04 Å². The first-order valence-corrected chi connectivity index (χ1v) is 8.06. The van der Waals surface area contributed by atoms with Crippen LogP contribution in [0.25, 0.3) is 0 Å². The summed E-state index contributed by atoms with van der Waals surface area (Å²) in [4.78, 5) is 0. The molecule has 19 heavy (non-hydrogen) atoms. The molecule has 1 unspecified atom stereocenters. The number of nitrogens with one attached hydrogen (secondary N) is 1. The Morgan fingerprint density at radius 2 is 1.79 bits per heavy atom. The molecule has 0 aromatic carbocycles. The van der Waals surface area contributed by atoms with Crippen molar-refractivity contribution in [1.82, 2.24) is 5.32 Å². The molecule has 0 saturated heterocycles. The summed E-state index contributed by atoms with van der Waals surface area (Å²) < 4.78 is 11.3. The molecule has 114 valence electrons. The molecule has 1 fully saturated rings. The third kappa shape index (κ3) is 5.41. The summed E-state index contributed by atoms with van der Waals surface area (Å²) in [5.74, 6) is 0. The van der Waals surface area contributed by atoms with Gasteiger partial charge in [0.1, 0.15) is 0 Å². The Morgan fingerprint density at radius 3 is 2.32 bits per heavy atom. The Hall–Kier alpha value is -0.120. The number of hydrogen-bond donors (Lipinski definition) is 1. The number of ether oxygens (including phenoxy) is 2. The van der Waals surface area contributed by atoms with Crippen molar-refractivity contribution in [1.29, 1.82) is 0 Å². The molecule has 1 rings (SSSR count). The van der Waals surface area contributed by atoms with Gasteiger partial charge in [0.05, 0.1) is 5.60 Å². The maximum absolute atomic E-state index is 6.05. The molecule has 3 nitrogen and oxygen atoms in total.